The summed E-state index contributed by atoms with van der Waals surface area (Å²) in [5, 5.41) is 8.51. The van der Waals surface area contributed by atoms with Crippen molar-refractivity contribution in [2.24, 2.45) is 5.41 Å². The van der Waals surface area contributed by atoms with Gasteiger partial charge in [0.05, 0.1) is 17.3 Å². The van der Waals surface area contributed by atoms with Crippen molar-refractivity contribution in [1.82, 2.24) is 15.6 Å². The number of pyridine rings is 1. The molecule has 0 aliphatic heterocycles. The van der Waals surface area contributed by atoms with E-state index in [0.29, 0.717) is 5.69 Å². The Hall–Kier alpha value is -2.11. The van der Waals surface area contributed by atoms with E-state index in [4.69, 9.17) is 0 Å². The SMILES string of the molecule is CCCNc1ccc(C(=O)NCC(C)(C)C(=O)NC)nc1. The van der Waals surface area contributed by atoms with Gasteiger partial charge in [0.2, 0.25) is 5.91 Å². The molecule has 0 spiro atoms. The summed E-state index contributed by atoms with van der Waals surface area (Å²) < 4.78 is 0. The summed E-state index contributed by atoms with van der Waals surface area (Å²) in [4.78, 5) is 27.8. The zero-order valence-electron chi connectivity index (χ0n) is 13.1. The molecule has 0 unspecified atom stereocenters. The van der Waals surface area contributed by atoms with Gasteiger partial charge in [-0.2, -0.15) is 0 Å². The molecule has 2 amide bonds. The maximum Gasteiger partial charge on any atom is 0.269 e. The third kappa shape index (κ3) is 5.06. The lowest BCUT2D eigenvalue weighted by molar-refractivity contribution is -0.128. The molecule has 0 atom stereocenters. The van der Waals surface area contributed by atoms with Crippen LogP contribution in [0.1, 0.15) is 37.7 Å². The Morgan fingerprint density at radius 3 is 2.52 bits per heavy atom. The molecule has 0 bridgehead atoms. The van der Waals surface area contributed by atoms with Crippen molar-refractivity contribution in [3.8, 4) is 0 Å². The number of anilines is 1. The molecule has 3 N–H and O–H groups in total. The topological polar surface area (TPSA) is 83.1 Å². The number of carbonyl (C=O) groups is 2. The fourth-order valence-electron chi connectivity index (χ4n) is 1.71. The van der Waals surface area contributed by atoms with E-state index < -0.39 is 5.41 Å². The monoisotopic (exact) mass is 292 g/mol. The van der Waals surface area contributed by atoms with E-state index in [1.807, 2.05) is 6.07 Å². The predicted octanol–water partition coefficient (Wildman–Crippen LogP) is 1.41. The van der Waals surface area contributed by atoms with Crippen molar-refractivity contribution in [2.45, 2.75) is 27.2 Å². The van der Waals surface area contributed by atoms with Crippen molar-refractivity contribution < 1.29 is 9.59 Å². The van der Waals surface area contributed by atoms with Gasteiger partial charge in [-0.25, -0.2) is 4.98 Å². The second kappa shape index (κ2) is 7.61. The van der Waals surface area contributed by atoms with Gasteiger partial charge in [0, 0.05) is 20.1 Å². The summed E-state index contributed by atoms with van der Waals surface area (Å²) in [7, 11) is 1.58. The number of hydrogen-bond donors (Lipinski definition) is 3. The van der Waals surface area contributed by atoms with Gasteiger partial charge in [0.1, 0.15) is 5.69 Å². The number of amides is 2. The summed E-state index contributed by atoms with van der Waals surface area (Å²) in [6.45, 7) is 6.75. The highest BCUT2D eigenvalue weighted by molar-refractivity contribution is 5.93. The lowest BCUT2D eigenvalue weighted by atomic mass is 9.92. The fraction of sp³-hybridized carbons (Fsp3) is 0.533. The largest absolute Gasteiger partial charge is 0.384 e. The first-order valence-electron chi connectivity index (χ1n) is 7.11. The molecule has 0 radical (unpaired) electrons. The Kier molecular flexibility index (Phi) is 6.14. The third-order valence-electron chi connectivity index (χ3n) is 3.11. The zero-order valence-corrected chi connectivity index (χ0v) is 13.1. The van der Waals surface area contributed by atoms with Gasteiger partial charge >= 0.3 is 0 Å². The first kappa shape index (κ1) is 16.9. The summed E-state index contributed by atoms with van der Waals surface area (Å²) in [6, 6.07) is 3.49. The van der Waals surface area contributed by atoms with E-state index >= 15 is 0 Å². The first-order chi connectivity index (χ1) is 9.90. The van der Waals surface area contributed by atoms with E-state index in [9.17, 15) is 9.59 Å². The fourth-order valence-corrected chi connectivity index (χ4v) is 1.71. The van der Waals surface area contributed by atoms with E-state index in [1.165, 1.54) is 0 Å². The summed E-state index contributed by atoms with van der Waals surface area (Å²) in [5.41, 5.74) is 0.566. The van der Waals surface area contributed by atoms with Crippen molar-refractivity contribution in [2.75, 3.05) is 25.5 Å². The van der Waals surface area contributed by atoms with Crippen LogP contribution in [0.2, 0.25) is 0 Å². The van der Waals surface area contributed by atoms with Crippen LogP contribution in [0, 0.1) is 5.41 Å². The van der Waals surface area contributed by atoms with Crippen molar-refractivity contribution in [1.29, 1.82) is 0 Å². The summed E-state index contributed by atoms with van der Waals surface area (Å²) in [6.07, 6.45) is 2.66. The molecule has 1 heterocycles. The number of nitrogens with one attached hydrogen (secondary N) is 3. The molecule has 1 aromatic rings. The van der Waals surface area contributed by atoms with Gasteiger partial charge in [-0.3, -0.25) is 9.59 Å². The standard InChI is InChI=1S/C15H24N4O2/c1-5-8-17-11-6-7-12(18-9-11)13(20)19-10-15(2,3)14(21)16-4/h6-7,9,17H,5,8,10H2,1-4H3,(H,16,21)(H,19,20). The second-order valence-electron chi connectivity index (χ2n) is 5.50. The zero-order chi connectivity index (χ0) is 15.9. The third-order valence-corrected chi connectivity index (χ3v) is 3.11. The summed E-state index contributed by atoms with van der Waals surface area (Å²) in [5.74, 6) is -0.399. The second-order valence-corrected chi connectivity index (χ2v) is 5.50. The van der Waals surface area contributed by atoms with Crippen molar-refractivity contribution in [3.05, 3.63) is 24.0 Å². The van der Waals surface area contributed by atoms with Crippen LogP contribution in [0.3, 0.4) is 0 Å². The Balaban J connectivity index is 2.58. The molecule has 0 aliphatic carbocycles. The van der Waals surface area contributed by atoms with Gasteiger partial charge in [-0.1, -0.05) is 6.92 Å². The molecule has 1 rings (SSSR count). The molecule has 116 valence electrons. The lowest BCUT2D eigenvalue weighted by Crippen LogP contribution is -2.43. The lowest BCUT2D eigenvalue weighted by Gasteiger charge is -2.22. The van der Waals surface area contributed by atoms with Crippen LogP contribution in [-0.4, -0.2) is 36.9 Å². The highest BCUT2D eigenvalue weighted by Crippen LogP contribution is 2.13. The molecule has 0 fully saturated rings. The molecular formula is C15H24N4O2. The van der Waals surface area contributed by atoms with Crippen LogP contribution < -0.4 is 16.0 Å². The van der Waals surface area contributed by atoms with E-state index in [2.05, 4.69) is 27.9 Å². The Labute approximate surface area is 125 Å². The maximum absolute atomic E-state index is 12.0. The smallest absolute Gasteiger partial charge is 0.269 e. The molecule has 0 saturated carbocycles. The number of aromatic nitrogens is 1. The number of rotatable bonds is 7. The molecule has 0 aliphatic rings. The number of hydrogen-bond acceptors (Lipinski definition) is 4. The van der Waals surface area contributed by atoms with E-state index in [-0.39, 0.29) is 18.4 Å². The van der Waals surface area contributed by atoms with Gasteiger partial charge in [0.15, 0.2) is 0 Å². The van der Waals surface area contributed by atoms with Crippen LogP contribution >= 0.6 is 0 Å². The Morgan fingerprint density at radius 1 is 1.29 bits per heavy atom. The molecule has 6 nitrogen and oxygen atoms in total. The minimum atomic E-state index is -0.660. The predicted molar refractivity (Wildman–Crippen MR) is 83.2 cm³/mol. The molecule has 21 heavy (non-hydrogen) atoms. The van der Waals surface area contributed by atoms with Gasteiger partial charge in [-0.05, 0) is 32.4 Å². The minimum Gasteiger partial charge on any atom is -0.384 e. The van der Waals surface area contributed by atoms with Crippen LogP contribution in [0.15, 0.2) is 18.3 Å². The molecular weight excluding hydrogens is 268 g/mol. The normalized spacial score (nSPS) is 10.9. The molecule has 6 heteroatoms. The Bertz CT molecular complexity index is 483. The molecule has 1 aromatic heterocycles. The van der Waals surface area contributed by atoms with Crippen LogP contribution in [0.5, 0.6) is 0 Å². The molecule has 0 aromatic carbocycles. The maximum atomic E-state index is 12.0. The first-order valence-corrected chi connectivity index (χ1v) is 7.11. The average molecular weight is 292 g/mol. The van der Waals surface area contributed by atoms with E-state index in [1.54, 1.807) is 33.2 Å². The van der Waals surface area contributed by atoms with Gasteiger partial charge in [-0.15, -0.1) is 0 Å². The number of carbonyl (C=O) groups excluding carboxylic acids is 2. The quantitative estimate of drug-likeness (QED) is 0.709. The van der Waals surface area contributed by atoms with E-state index in [0.717, 1.165) is 18.7 Å². The average Bonchev–Trinajstić information content (AvgIpc) is 2.50. The highest BCUT2D eigenvalue weighted by atomic mass is 16.2. The van der Waals surface area contributed by atoms with Gasteiger partial charge < -0.3 is 16.0 Å². The number of nitrogens with zero attached hydrogens (tertiary/aromatic N) is 1. The van der Waals surface area contributed by atoms with Crippen LogP contribution in [0.25, 0.3) is 0 Å². The van der Waals surface area contributed by atoms with Crippen molar-refractivity contribution in [3.63, 3.8) is 0 Å². The highest BCUT2D eigenvalue weighted by Gasteiger charge is 2.27. The minimum absolute atomic E-state index is 0.116. The summed E-state index contributed by atoms with van der Waals surface area (Å²) >= 11 is 0. The van der Waals surface area contributed by atoms with Gasteiger partial charge in [0.25, 0.3) is 5.91 Å². The Morgan fingerprint density at radius 2 is 2.00 bits per heavy atom. The van der Waals surface area contributed by atoms with Crippen LogP contribution in [0.4, 0.5) is 5.69 Å². The molecule has 0 saturated heterocycles. The van der Waals surface area contributed by atoms with Crippen LogP contribution in [-0.2, 0) is 4.79 Å². The van der Waals surface area contributed by atoms with Crippen molar-refractivity contribution >= 4 is 17.5 Å².